The molecule has 2 unspecified atom stereocenters. The Kier molecular flexibility index (Phi) is 2.19. The molecule has 1 aliphatic carbocycles. The summed E-state index contributed by atoms with van der Waals surface area (Å²) in [7, 11) is -2.99. The quantitative estimate of drug-likeness (QED) is 0.587. The van der Waals surface area contributed by atoms with Gasteiger partial charge in [-0.25, -0.2) is 8.42 Å². The van der Waals surface area contributed by atoms with E-state index in [2.05, 4.69) is 0 Å². The van der Waals surface area contributed by atoms with E-state index in [1.165, 1.54) is 6.26 Å². The van der Waals surface area contributed by atoms with Crippen LogP contribution in [0.5, 0.6) is 0 Å². The van der Waals surface area contributed by atoms with Crippen molar-refractivity contribution in [3.05, 3.63) is 0 Å². The summed E-state index contributed by atoms with van der Waals surface area (Å²) < 4.78 is 22.1. The summed E-state index contributed by atoms with van der Waals surface area (Å²) in [6.45, 7) is 0. The number of nitrogens with zero attached hydrogens (tertiary/aromatic N) is 1. The van der Waals surface area contributed by atoms with Gasteiger partial charge in [0, 0.05) is 6.26 Å². The van der Waals surface area contributed by atoms with E-state index in [-0.39, 0.29) is 5.92 Å². The van der Waals surface area contributed by atoms with Gasteiger partial charge in [0.25, 0.3) is 0 Å². The Balaban J connectivity index is 2.83. The molecule has 2 atom stereocenters. The van der Waals surface area contributed by atoms with E-state index >= 15 is 0 Å². The first-order valence-electron chi connectivity index (χ1n) is 3.64. The molecule has 62 valence electrons. The number of rotatable bonds is 1. The molecule has 0 aliphatic heterocycles. The molecule has 0 heterocycles. The average Bonchev–Trinajstić information content (AvgIpc) is 2.31. The highest BCUT2D eigenvalue weighted by Crippen LogP contribution is 2.29. The Morgan fingerprint density at radius 1 is 1.45 bits per heavy atom. The summed E-state index contributed by atoms with van der Waals surface area (Å²) in [6.07, 6.45) is 3.49. The molecular weight excluding hydrogens is 162 g/mol. The van der Waals surface area contributed by atoms with Gasteiger partial charge < -0.3 is 0 Å². The lowest BCUT2D eigenvalue weighted by Crippen LogP contribution is -2.22. The standard InChI is InChI=1S/C7H11NO2S/c1-11(9,10)7-4-2-3-6(7)5-8/h6-7H,2-4H2,1H3. The minimum absolute atomic E-state index is 0.259. The smallest absolute Gasteiger partial charge is 0.151 e. The highest BCUT2D eigenvalue weighted by Gasteiger charge is 2.34. The molecule has 1 aliphatic rings. The monoisotopic (exact) mass is 173 g/mol. The van der Waals surface area contributed by atoms with Gasteiger partial charge in [-0.2, -0.15) is 5.26 Å². The molecule has 11 heavy (non-hydrogen) atoms. The van der Waals surface area contributed by atoms with Crippen LogP contribution in [0.4, 0.5) is 0 Å². The van der Waals surface area contributed by atoms with Crippen LogP contribution in [0.2, 0.25) is 0 Å². The van der Waals surface area contributed by atoms with Crippen LogP contribution in [0.1, 0.15) is 19.3 Å². The van der Waals surface area contributed by atoms with Crippen molar-refractivity contribution in [2.75, 3.05) is 6.26 Å². The second kappa shape index (κ2) is 2.82. The molecule has 0 N–H and O–H groups in total. The van der Waals surface area contributed by atoms with Crippen LogP contribution in [0, 0.1) is 17.2 Å². The Labute approximate surface area is 66.9 Å². The van der Waals surface area contributed by atoms with Gasteiger partial charge in [0.1, 0.15) is 0 Å². The van der Waals surface area contributed by atoms with Gasteiger partial charge in [-0.3, -0.25) is 0 Å². The maximum absolute atomic E-state index is 11.1. The van der Waals surface area contributed by atoms with Crippen molar-refractivity contribution < 1.29 is 8.42 Å². The second-order valence-corrected chi connectivity index (χ2v) is 5.30. The molecule has 0 aromatic carbocycles. The highest BCUT2D eigenvalue weighted by molar-refractivity contribution is 7.91. The molecule has 1 fully saturated rings. The third-order valence-corrected chi connectivity index (χ3v) is 3.83. The number of hydrogen-bond acceptors (Lipinski definition) is 3. The van der Waals surface area contributed by atoms with Crippen molar-refractivity contribution in [3.63, 3.8) is 0 Å². The lowest BCUT2D eigenvalue weighted by atomic mass is 10.1. The van der Waals surface area contributed by atoms with Gasteiger partial charge >= 0.3 is 0 Å². The van der Waals surface area contributed by atoms with Crippen LogP contribution < -0.4 is 0 Å². The fraction of sp³-hybridized carbons (Fsp3) is 0.857. The van der Waals surface area contributed by atoms with E-state index in [1.54, 1.807) is 0 Å². The molecule has 0 aromatic rings. The van der Waals surface area contributed by atoms with Crippen LogP contribution in [0.3, 0.4) is 0 Å². The van der Waals surface area contributed by atoms with Gasteiger partial charge in [-0.15, -0.1) is 0 Å². The fourth-order valence-corrected chi connectivity index (χ4v) is 2.97. The normalized spacial score (nSPS) is 31.6. The Morgan fingerprint density at radius 3 is 2.45 bits per heavy atom. The first-order valence-corrected chi connectivity index (χ1v) is 5.59. The van der Waals surface area contributed by atoms with Gasteiger partial charge in [-0.1, -0.05) is 6.42 Å². The zero-order valence-corrected chi connectivity index (χ0v) is 7.26. The molecule has 1 rings (SSSR count). The molecule has 0 amide bonds. The second-order valence-electron chi connectivity index (χ2n) is 3.03. The first-order chi connectivity index (χ1) is 5.05. The summed E-state index contributed by atoms with van der Waals surface area (Å²) in [6, 6.07) is 2.04. The highest BCUT2D eigenvalue weighted by atomic mass is 32.2. The van der Waals surface area contributed by atoms with E-state index in [0.717, 1.165) is 12.8 Å². The zero-order valence-electron chi connectivity index (χ0n) is 6.45. The number of sulfone groups is 1. The maximum Gasteiger partial charge on any atom is 0.151 e. The third-order valence-electron chi connectivity index (χ3n) is 2.17. The van der Waals surface area contributed by atoms with Crippen molar-refractivity contribution >= 4 is 9.84 Å². The van der Waals surface area contributed by atoms with Crippen LogP contribution in [0.15, 0.2) is 0 Å². The Bertz CT molecular complexity index is 275. The number of nitriles is 1. The first kappa shape index (κ1) is 8.54. The van der Waals surface area contributed by atoms with Crippen LogP contribution in [0.25, 0.3) is 0 Å². The largest absolute Gasteiger partial charge is 0.229 e. The van der Waals surface area contributed by atoms with Crippen LogP contribution in [-0.4, -0.2) is 19.9 Å². The van der Waals surface area contributed by atoms with Crippen molar-refractivity contribution in [1.82, 2.24) is 0 Å². The summed E-state index contributed by atoms with van der Waals surface area (Å²) in [4.78, 5) is 0. The van der Waals surface area contributed by atoms with Gasteiger partial charge in [-0.05, 0) is 12.8 Å². The van der Waals surface area contributed by atoms with E-state index < -0.39 is 15.1 Å². The molecule has 3 nitrogen and oxygen atoms in total. The molecule has 0 bridgehead atoms. The van der Waals surface area contributed by atoms with Gasteiger partial charge in [0.05, 0.1) is 17.2 Å². The summed E-state index contributed by atoms with van der Waals surface area (Å²) in [5, 5.41) is 8.19. The molecule has 4 heteroatoms. The average molecular weight is 173 g/mol. The van der Waals surface area contributed by atoms with E-state index in [0.29, 0.717) is 6.42 Å². The molecule has 1 saturated carbocycles. The minimum atomic E-state index is -2.99. The minimum Gasteiger partial charge on any atom is -0.229 e. The van der Waals surface area contributed by atoms with Gasteiger partial charge in [0.2, 0.25) is 0 Å². The van der Waals surface area contributed by atoms with Crippen LogP contribution in [-0.2, 0) is 9.84 Å². The predicted molar refractivity (Wildman–Crippen MR) is 41.6 cm³/mol. The third kappa shape index (κ3) is 1.72. The van der Waals surface area contributed by atoms with Gasteiger partial charge in [0.15, 0.2) is 9.84 Å². The van der Waals surface area contributed by atoms with Crippen LogP contribution >= 0.6 is 0 Å². The molecule has 0 spiro atoms. The topological polar surface area (TPSA) is 57.9 Å². The van der Waals surface area contributed by atoms with Crippen molar-refractivity contribution in [3.8, 4) is 6.07 Å². The van der Waals surface area contributed by atoms with E-state index in [4.69, 9.17) is 5.26 Å². The maximum atomic E-state index is 11.1. The predicted octanol–water partition coefficient (Wildman–Crippen LogP) is 0.723. The van der Waals surface area contributed by atoms with E-state index in [9.17, 15) is 8.42 Å². The summed E-state index contributed by atoms with van der Waals surface area (Å²) in [5.41, 5.74) is 0. The Hall–Kier alpha value is -0.560. The van der Waals surface area contributed by atoms with Crippen molar-refractivity contribution in [2.24, 2.45) is 5.92 Å². The zero-order chi connectivity index (χ0) is 8.48. The van der Waals surface area contributed by atoms with Crippen molar-refractivity contribution in [1.29, 1.82) is 5.26 Å². The Morgan fingerprint density at radius 2 is 2.09 bits per heavy atom. The lowest BCUT2D eigenvalue weighted by molar-refractivity contribution is 0.571. The molecule has 0 saturated heterocycles. The lowest BCUT2D eigenvalue weighted by Gasteiger charge is -2.09. The summed E-state index contributed by atoms with van der Waals surface area (Å²) >= 11 is 0. The van der Waals surface area contributed by atoms with Crippen molar-refractivity contribution in [2.45, 2.75) is 24.5 Å². The molecular formula is C7H11NO2S. The summed E-state index contributed by atoms with van der Waals surface area (Å²) in [5.74, 6) is -0.259. The molecule has 0 aromatic heterocycles. The molecule has 0 radical (unpaired) electrons. The number of hydrogen-bond donors (Lipinski definition) is 0. The fourth-order valence-electron chi connectivity index (χ4n) is 1.59. The van der Waals surface area contributed by atoms with E-state index in [1.807, 2.05) is 6.07 Å². The SMILES string of the molecule is CS(=O)(=O)C1CCCC1C#N.